The highest BCUT2D eigenvalue weighted by Gasteiger charge is 2.10. The third-order valence-corrected chi connectivity index (χ3v) is 3.33. The summed E-state index contributed by atoms with van der Waals surface area (Å²) >= 11 is 0. The number of amides is 1. The van der Waals surface area contributed by atoms with E-state index in [2.05, 4.69) is 10.2 Å². The SMILES string of the molecule is N#CCC(=O)Nc1ccc(CN2CCCCC2)cc1. The standard InChI is InChI=1S/C15H19N3O/c16-9-8-15(19)17-14-6-4-13(5-7-14)12-18-10-2-1-3-11-18/h4-7H,1-3,8,10-12H2,(H,17,19). The number of rotatable bonds is 4. The second kappa shape index (κ2) is 6.91. The van der Waals surface area contributed by atoms with E-state index in [1.54, 1.807) is 0 Å². The number of likely N-dealkylation sites (tertiary alicyclic amines) is 1. The van der Waals surface area contributed by atoms with Crippen LogP contribution >= 0.6 is 0 Å². The van der Waals surface area contributed by atoms with E-state index in [1.165, 1.54) is 37.9 Å². The Labute approximate surface area is 114 Å². The minimum atomic E-state index is -0.258. The highest BCUT2D eigenvalue weighted by atomic mass is 16.1. The lowest BCUT2D eigenvalue weighted by Crippen LogP contribution is -2.29. The molecule has 1 aromatic rings. The van der Waals surface area contributed by atoms with Gasteiger partial charge in [0.15, 0.2) is 0 Å². The number of benzene rings is 1. The fourth-order valence-corrected chi connectivity index (χ4v) is 2.35. The Hall–Kier alpha value is -1.86. The van der Waals surface area contributed by atoms with Gasteiger partial charge in [-0.3, -0.25) is 9.69 Å². The number of anilines is 1. The number of hydrogen-bond acceptors (Lipinski definition) is 3. The first kappa shape index (κ1) is 13.6. The van der Waals surface area contributed by atoms with Crippen molar-refractivity contribution in [1.82, 2.24) is 4.90 Å². The van der Waals surface area contributed by atoms with Crippen molar-refractivity contribution >= 4 is 11.6 Å². The fourth-order valence-electron chi connectivity index (χ4n) is 2.35. The van der Waals surface area contributed by atoms with Crippen molar-refractivity contribution in [2.24, 2.45) is 0 Å². The molecule has 1 saturated heterocycles. The molecule has 4 nitrogen and oxygen atoms in total. The molecular weight excluding hydrogens is 238 g/mol. The summed E-state index contributed by atoms with van der Waals surface area (Å²) in [5.41, 5.74) is 2.02. The molecule has 100 valence electrons. The van der Waals surface area contributed by atoms with Crippen LogP contribution in [0.5, 0.6) is 0 Å². The highest BCUT2D eigenvalue weighted by Crippen LogP contribution is 2.15. The van der Waals surface area contributed by atoms with Gasteiger partial charge in [-0.25, -0.2) is 0 Å². The molecule has 0 bridgehead atoms. The maximum Gasteiger partial charge on any atom is 0.238 e. The topological polar surface area (TPSA) is 56.1 Å². The quantitative estimate of drug-likeness (QED) is 0.901. The highest BCUT2D eigenvalue weighted by molar-refractivity contribution is 5.91. The lowest BCUT2D eigenvalue weighted by atomic mass is 10.1. The molecule has 0 saturated carbocycles. The Morgan fingerprint density at radius 1 is 1.21 bits per heavy atom. The average Bonchev–Trinajstić information content (AvgIpc) is 2.42. The van der Waals surface area contributed by atoms with Gasteiger partial charge in [-0.1, -0.05) is 18.6 Å². The van der Waals surface area contributed by atoms with Gasteiger partial charge in [0.05, 0.1) is 6.07 Å². The normalized spacial score (nSPS) is 15.7. The molecular formula is C15H19N3O. The minimum absolute atomic E-state index is 0.102. The van der Waals surface area contributed by atoms with E-state index in [0.717, 1.165) is 12.2 Å². The second-order valence-corrected chi connectivity index (χ2v) is 4.92. The Morgan fingerprint density at radius 2 is 1.89 bits per heavy atom. The summed E-state index contributed by atoms with van der Waals surface area (Å²) in [6, 6.07) is 9.71. The van der Waals surface area contributed by atoms with Crippen LogP contribution in [0.4, 0.5) is 5.69 Å². The largest absolute Gasteiger partial charge is 0.325 e. The zero-order valence-electron chi connectivity index (χ0n) is 11.1. The molecule has 19 heavy (non-hydrogen) atoms. The van der Waals surface area contributed by atoms with Gasteiger partial charge in [0.2, 0.25) is 5.91 Å². The summed E-state index contributed by atoms with van der Waals surface area (Å²) < 4.78 is 0. The van der Waals surface area contributed by atoms with Crippen LogP contribution < -0.4 is 5.32 Å². The number of hydrogen-bond donors (Lipinski definition) is 1. The maximum absolute atomic E-state index is 11.3. The first-order chi connectivity index (χ1) is 9.28. The van der Waals surface area contributed by atoms with Gasteiger partial charge < -0.3 is 5.32 Å². The number of nitriles is 1. The van der Waals surface area contributed by atoms with E-state index in [4.69, 9.17) is 5.26 Å². The zero-order valence-corrected chi connectivity index (χ0v) is 11.1. The summed E-state index contributed by atoms with van der Waals surface area (Å²) in [6.45, 7) is 3.34. The first-order valence-corrected chi connectivity index (χ1v) is 6.76. The van der Waals surface area contributed by atoms with Crippen molar-refractivity contribution in [3.05, 3.63) is 29.8 Å². The van der Waals surface area contributed by atoms with Crippen molar-refractivity contribution < 1.29 is 4.79 Å². The van der Waals surface area contributed by atoms with Crippen LogP contribution in [0, 0.1) is 11.3 Å². The second-order valence-electron chi connectivity index (χ2n) is 4.92. The molecule has 1 fully saturated rings. The lowest BCUT2D eigenvalue weighted by molar-refractivity contribution is -0.115. The van der Waals surface area contributed by atoms with E-state index in [-0.39, 0.29) is 12.3 Å². The molecule has 1 N–H and O–H groups in total. The monoisotopic (exact) mass is 257 g/mol. The average molecular weight is 257 g/mol. The molecule has 1 aliphatic rings. The summed E-state index contributed by atoms with van der Waals surface area (Å²) in [7, 11) is 0. The molecule has 1 heterocycles. The van der Waals surface area contributed by atoms with Crippen LogP contribution in [-0.2, 0) is 11.3 Å². The van der Waals surface area contributed by atoms with Gasteiger partial charge in [-0.15, -0.1) is 0 Å². The molecule has 1 aliphatic heterocycles. The predicted molar refractivity (Wildman–Crippen MR) is 74.4 cm³/mol. The Morgan fingerprint density at radius 3 is 2.53 bits per heavy atom. The van der Waals surface area contributed by atoms with E-state index in [0.29, 0.717) is 0 Å². The number of carbonyl (C=O) groups is 1. The van der Waals surface area contributed by atoms with Gasteiger partial charge in [-0.2, -0.15) is 5.26 Å². The Balaban J connectivity index is 1.87. The van der Waals surface area contributed by atoms with Gasteiger partial charge in [0.1, 0.15) is 6.42 Å². The Kier molecular flexibility index (Phi) is 4.93. The zero-order chi connectivity index (χ0) is 13.5. The van der Waals surface area contributed by atoms with Crippen LogP contribution in [0.1, 0.15) is 31.2 Å². The summed E-state index contributed by atoms with van der Waals surface area (Å²) in [4.78, 5) is 13.7. The molecule has 0 unspecified atom stereocenters. The van der Waals surface area contributed by atoms with Crippen molar-refractivity contribution in [3.63, 3.8) is 0 Å². The molecule has 4 heteroatoms. The summed E-state index contributed by atoms with van der Waals surface area (Å²) in [5.74, 6) is -0.258. The summed E-state index contributed by atoms with van der Waals surface area (Å²) in [6.07, 6.45) is 3.83. The minimum Gasteiger partial charge on any atom is -0.325 e. The van der Waals surface area contributed by atoms with Crippen LogP contribution in [0.15, 0.2) is 24.3 Å². The van der Waals surface area contributed by atoms with Gasteiger partial charge in [-0.05, 0) is 43.6 Å². The lowest BCUT2D eigenvalue weighted by Gasteiger charge is -2.26. The predicted octanol–water partition coefficient (Wildman–Crippen LogP) is 2.52. The van der Waals surface area contributed by atoms with E-state index < -0.39 is 0 Å². The third-order valence-electron chi connectivity index (χ3n) is 3.33. The molecule has 0 spiro atoms. The third kappa shape index (κ3) is 4.38. The molecule has 1 amide bonds. The number of piperidine rings is 1. The maximum atomic E-state index is 11.3. The van der Waals surface area contributed by atoms with Crippen molar-refractivity contribution in [1.29, 1.82) is 5.26 Å². The van der Waals surface area contributed by atoms with Crippen LogP contribution in [0.3, 0.4) is 0 Å². The van der Waals surface area contributed by atoms with Gasteiger partial charge in [0.25, 0.3) is 0 Å². The molecule has 0 radical (unpaired) electrons. The number of carbonyl (C=O) groups excluding carboxylic acids is 1. The smallest absolute Gasteiger partial charge is 0.238 e. The van der Waals surface area contributed by atoms with Crippen LogP contribution in [0.2, 0.25) is 0 Å². The molecule has 0 aromatic heterocycles. The van der Waals surface area contributed by atoms with Crippen LogP contribution in [-0.4, -0.2) is 23.9 Å². The van der Waals surface area contributed by atoms with Crippen molar-refractivity contribution in [3.8, 4) is 6.07 Å². The Bertz CT molecular complexity index is 455. The number of nitrogens with zero attached hydrogens (tertiary/aromatic N) is 2. The van der Waals surface area contributed by atoms with Crippen molar-refractivity contribution in [2.75, 3.05) is 18.4 Å². The van der Waals surface area contributed by atoms with E-state index in [9.17, 15) is 4.79 Å². The van der Waals surface area contributed by atoms with Gasteiger partial charge in [0, 0.05) is 12.2 Å². The summed E-state index contributed by atoms with van der Waals surface area (Å²) in [5, 5.41) is 11.1. The van der Waals surface area contributed by atoms with E-state index in [1.807, 2.05) is 30.3 Å². The molecule has 1 aromatic carbocycles. The van der Waals surface area contributed by atoms with E-state index >= 15 is 0 Å². The molecule has 2 rings (SSSR count). The van der Waals surface area contributed by atoms with Crippen molar-refractivity contribution in [2.45, 2.75) is 32.2 Å². The number of nitrogens with one attached hydrogen (secondary N) is 1. The molecule has 0 atom stereocenters. The first-order valence-electron chi connectivity index (χ1n) is 6.76. The van der Waals surface area contributed by atoms with Gasteiger partial charge >= 0.3 is 0 Å². The molecule has 0 aliphatic carbocycles. The fraction of sp³-hybridized carbons (Fsp3) is 0.467. The van der Waals surface area contributed by atoms with Crippen LogP contribution in [0.25, 0.3) is 0 Å².